The number of furan rings is 1. The fourth-order valence-corrected chi connectivity index (χ4v) is 8.26. The lowest BCUT2D eigenvalue weighted by Crippen LogP contribution is -1.91. The predicted molar refractivity (Wildman–Crippen MR) is 215 cm³/mol. The van der Waals surface area contributed by atoms with E-state index in [1.54, 1.807) is 0 Å². The summed E-state index contributed by atoms with van der Waals surface area (Å²) in [6, 6.07) is 63.2. The molecule has 2 aromatic heterocycles. The molecule has 0 bridgehead atoms. The molecule has 2 heteroatoms. The lowest BCUT2D eigenvalue weighted by molar-refractivity contribution is 0.671. The van der Waals surface area contributed by atoms with Gasteiger partial charge in [-0.1, -0.05) is 146 Å². The third-order valence-corrected chi connectivity index (χ3v) is 10.6. The van der Waals surface area contributed by atoms with Crippen LogP contribution in [0.15, 0.2) is 180 Å². The number of hydrogen-bond donors (Lipinski definition) is 0. The first kappa shape index (κ1) is 28.1. The molecule has 2 nitrogen and oxygen atoms in total. The number of fused-ring (bicyclic) bond motifs is 11. The van der Waals surface area contributed by atoms with E-state index < -0.39 is 0 Å². The highest BCUT2D eigenvalue weighted by Gasteiger charge is 2.19. The van der Waals surface area contributed by atoms with Gasteiger partial charge in [-0.05, 0) is 79.3 Å². The molecule has 0 amide bonds. The van der Waals surface area contributed by atoms with Crippen molar-refractivity contribution in [1.29, 1.82) is 0 Å². The molecule has 0 saturated carbocycles. The average Bonchev–Trinajstić information content (AvgIpc) is 3.57. The first-order valence-corrected chi connectivity index (χ1v) is 17.5. The van der Waals surface area contributed by atoms with Gasteiger partial charge in [0.05, 0.1) is 11.2 Å². The highest BCUT2D eigenvalue weighted by atomic mass is 16.3. The molecular formula is C49H29NO. The molecule has 0 aliphatic carbocycles. The molecule has 0 aliphatic heterocycles. The quantitative estimate of drug-likeness (QED) is 0.178. The Labute approximate surface area is 293 Å². The molecule has 0 aliphatic rings. The van der Waals surface area contributed by atoms with Gasteiger partial charge in [-0.15, -0.1) is 0 Å². The van der Waals surface area contributed by atoms with Gasteiger partial charge in [-0.3, -0.25) is 0 Å². The molecule has 11 rings (SSSR count). The minimum absolute atomic E-state index is 0.912. The Balaban J connectivity index is 1.15. The molecule has 0 radical (unpaired) electrons. The summed E-state index contributed by atoms with van der Waals surface area (Å²) in [5.74, 6) is 0. The van der Waals surface area contributed by atoms with E-state index >= 15 is 0 Å². The van der Waals surface area contributed by atoms with Crippen LogP contribution in [0.4, 0.5) is 0 Å². The smallest absolute Gasteiger partial charge is 0.143 e. The number of rotatable bonds is 3. The second kappa shape index (κ2) is 10.9. The summed E-state index contributed by atoms with van der Waals surface area (Å²) in [7, 11) is 0. The number of nitrogens with zero attached hydrogens (tertiary/aromatic N) is 1. The van der Waals surface area contributed by atoms with E-state index in [1.807, 2.05) is 0 Å². The molecule has 11 aromatic rings. The summed E-state index contributed by atoms with van der Waals surface area (Å²) in [6.45, 7) is 0. The molecule has 0 saturated heterocycles. The lowest BCUT2D eigenvalue weighted by atomic mass is 9.90. The van der Waals surface area contributed by atoms with E-state index in [9.17, 15) is 0 Å². The SMILES string of the molecule is c1ccc(-c2nc3ccccc3c3c2ccc2c(-c4cccc(-c5cc6ccccc6c6c5oc5cc7ccccc7cc56)c4)cccc23)cc1. The molecule has 0 unspecified atom stereocenters. The van der Waals surface area contributed by atoms with E-state index in [0.29, 0.717) is 0 Å². The molecule has 0 fully saturated rings. The lowest BCUT2D eigenvalue weighted by Gasteiger charge is -2.15. The third-order valence-electron chi connectivity index (χ3n) is 10.6. The van der Waals surface area contributed by atoms with Gasteiger partial charge in [-0.25, -0.2) is 4.98 Å². The van der Waals surface area contributed by atoms with Crippen molar-refractivity contribution in [3.63, 3.8) is 0 Å². The van der Waals surface area contributed by atoms with Gasteiger partial charge in [0.1, 0.15) is 11.2 Å². The van der Waals surface area contributed by atoms with Crippen molar-refractivity contribution >= 4 is 75.9 Å². The summed E-state index contributed by atoms with van der Waals surface area (Å²) in [6.07, 6.45) is 0. The maximum absolute atomic E-state index is 6.80. The van der Waals surface area contributed by atoms with Crippen LogP contribution in [0.1, 0.15) is 0 Å². The third kappa shape index (κ3) is 4.27. The van der Waals surface area contributed by atoms with Gasteiger partial charge >= 0.3 is 0 Å². The highest BCUT2D eigenvalue weighted by molar-refractivity contribution is 6.25. The Morgan fingerprint density at radius 2 is 1.00 bits per heavy atom. The Kier molecular flexibility index (Phi) is 5.99. The van der Waals surface area contributed by atoms with Crippen molar-refractivity contribution in [2.45, 2.75) is 0 Å². The maximum Gasteiger partial charge on any atom is 0.143 e. The van der Waals surface area contributed by atoms with Crippen LogP contribution in [-0.2, 0) is 0 Å². The standard InChI is InChI=1S/C49H29NO/c1-2-12-30(13-3-1)48-41-25-24-38-36(21-11-22-39(38)46(41)40-20-8-9-23-44(40)50-48)33-17-10-18-34(26-33)42-28-35-16-6-7-19-37(35)47-43-27-31-14-4-5-15-32(31)29-45(43)51-49(42)47/h1-29H. The number of benzene rings is 9. The van der Waals surface area contributed by atoms with Crippen LogP contribution >= 0.6 is 0 Å². The second-order valence-electron chi connectivity index (χ2n) is 13.5. The molecule has 0 spiro atoms. The van der Waals surface area contributed by atoms with Crippen molar-refractivity contribution in [2.24, 2.45) is 0 Å². The maximum atomic E-state index is 6.80. The minimum Gasteiger partial charge on any atom is -0.455 e. The number of pyridine rings is 1. The van der Waals surface area contributed by atoms with Crippen LogP contribution in [0.25, 0.3) is 109 Å². The van der Waals surface area contributed by atoms with Gasteiger partial charge < -0.3 is 4.42 Å². The molecule has 51 heavy (non-hydrogen) atoms. The van der Waals surface area contributed by atoms with Crippen LogP contribution < -0.4 is 0 Å². The zero-order valence-electron chi connectivity index (χ0n) is 27.6. The van der Waals surface area contributed by atoms with Crippen molar-refractivity contribution in [1.82, 2.24) is 4.98 Å². The van der Waals surface area contributed by atoms with E-state index in [4.69, 9.17) is 9.40 Å². The van der Waals surface area contributed by atoms with Crippen LogP contribution in [-0.4, -0.2) is 4.98 Å². The summed E-state index contributed by atoms with van der Waals surface area (Å²) in [5.41, 5.74) is 9.57. The van der Waals surface area contributed by atoms with Gasteiger partial charge in [-0.2, -0.15) is 0 Å². The van der Waals surface area contributed by atoms with E-state index in [-0.39, 0.29) is 0 Å². The normalized spacial score (nSPS) is 11.9. The summed E-state index contributed by atoms with van der Waals surface area (Å²) in [4.78, 5) is 5.18. The zero-order chi connectivity index (χ0) is 33.5. The predicted octanol–water partition coefficient (Wildman–Crippen LogP) is 13.7. The Hall–Kier alpha value is -6.77. The van der Waals surface area contributed by atoms with Crippen LogP contribution in [0, 0.1) is 0 Å². The summed E-state index contributed by atoms with van der Waals surface area (Å²) >= 11 is 0. The average molecular weight is 648 g/mol. The van der Waals surface area contributed by atoms with Crippen molar-refractivity contribution in [3.05, 3.63) is 176 Å². The van der Waals surface area contributed by atoms with Crippen LogP contribution in [0.5, 0.6) is 0 Å². The molecular weight excluding hydrogens is 619 g/mol. The van der Waals surface area contributed by atoms with E-state index in [1.165, 1.54) is 59.6 Å². The van der Waals surface area contributed by atoms with Gasteiger partial charge in [0.2, 0.25) is 0 Å². The van der Waals surface area contributed by atoms with Crippen LogP contribution in [0.2, 0.25) is 0 Å². The highest BCUT2D eigenvalue weighted by Crippen LogP contribution is 2.44. The van der Waals surface area contributed by atoms with Gasteiger partial charge in [0.15, 0.2) is 0 Å². The van der Waals surface area contributed by atoms with E-state index in [2.05, 4.69) is 176 Å². The topological polar surface area (TPSA) is 26.0 Å². The Morgan fingerprint density at radius 1 is 0.353 bits per heavy atom. The minimum atomic E-state index is 0.912. The summed E-state index contributed by atoms with van der Waals surface area (Å²) in [5, 5.41) is 13.1. The largest absolute Gasteiger partial charge is 0.455 e. The molecule has 9 aromatic carbocycles. The fraction of sp³-hybridized carbons (Fsp3) is 0. The zero-order valence-corrected chi connectivity index (χ0v) is 27.6. The molecule has 236 valence electrons. The molecule has 0 N–H and O–H groups in total. The number of hydrogen-bond acceptors (Lipinski definition) is 2. The Morgan fingerprint density at radius 3 is 1.86 bits per heavy atom. The van der Waals surface area contributed by atoms with Gasteiger partial charge in [0.25, 0.3) is 0 Å². The Bertz CT molecular complexity index is 3190. The van der Waals surface area contributed by atoms with E-state index in [0.717, 1.165) is 49.8 Å². The van der Waals surface area contributed by atoms with Crippen LogP contribution in [0.3, 0.4) is 0 Å². The first-order valence-electron chi connectivity index (χ1n) is 17.5. The number of para-hydroxylation sites is 1. The molecule has 0 atom stereocenters. The monoisotopic (exact) mass is 647 g/mol. The first-order chi connectivity index (χ1) is 25.3. The van der Waals surface area contributed by atoms with Crippen molar-refractivity contribution < 1.29 is 4.42 Å². The fourth-order valence-electron chi connectivity index (χ4n) is 8.26. The summed E-state index contributed by atoms with van der Waals surface area (Å²) < 4.78 is 6.80. The van der Waals surface area contributed by atoms with Gasteiger partial charge in [0, 0.05) is 38.1 Å². The molecule has 2 heterocycles. The number of aromatic nitrogens is 1. The second-order valence-corrected chi connectivity index (χ2v) is 13.5. The van der Waals surface area contributed by atoms with Crippen molar-refractivity contribution in [3.8, 4) is 33.5 Å². The van der Waals surface area contributed by atoms with Crippen molar-refractivity contribution in [2.75, 3.05) is 0 Å².